The van der Waals surface area contributed by atoms with E-state index in [1.54, 1.807) is 25.1 Å². The van der Waals surface area contributed by atoms with Gasteiger partial charge in [-0.25, -0.2) is 0 Å². The lowest BCUT2D eigenvalue weighted by atomic mass is 10.0. The standard InChI is InChI=1S/C18H22O5S/c1-11-5-7-13(8-6-11)24(21)10-14(19)17-16(23-4)9-15(22-3)12(2)18(17)20/h5-9,14,19-20H,10H2,1-4H3/t14?,24-/m1/s1. The van der Waals surface area contributed by atoms with Gasteiger partial charge in [-0.1, -0.05) is 17.7 Å². The molecule has 0 saturated heterocycles. The predicted molar refractivity (Wildman–Crippen MR) is 93.4 cm³/mol. The molecule has 0 amide bonds. The van der Waals surface area contributed by atoms with Gasteiger partial charge in [0.15, 0.2) is 0 Å². The van der Waals surface area contributed by atoms with E-state index in [0.717, 1.165) is 5.56 Å². The number of aliphatic hydroxyl groups is 1. The molecule has 2 N–H and O–H groups in total. The third-order valence-corrected chi connectivity index (χ3v) is 5.29. The highest BCUT2D eigenvalue weighted by atomic mass is 32.2. The Morgan fingerprint density at radius 1 is 1.08 bits per heavy atom. The Kier molecular flexibility index (Phi) is 5.85. The average molecular weight is 350 g/mol. The molecule has 0 bridgehead atoms. The molecule has 0 fully saturated rings. The van der Waals surface area contributed by atoms with Crippen molar-refractivity contribution < 1.29 is 23.9 Å². The van der Waals surface area contributed by atoms with Crippen LogP contribution >= 0.6 is 0 Å². The molecule has 0 aromatic heterocycles. The summed E-state index contributed by atoms with van der Waals surface area (Å²) >= 11 is 0. The van der Waals surface area contributed by atoms with Crippen molar-refractivity contribution in [1.82, 2.24) is 0 Å². The summed E-state index contributed by atoms with van der Waals surface area (Å²) in [6.07, 6.45) is -1.13. The molecule has 0 heterocycles. The predicted octanol–water partition coefficient (Wildman–Crippen LogP) is 2.87. The van der Waals surface area contributed by atoms with Crippen LogP contribution in [0.3, 0.4) is 0 Å². The van der Waals surface area contributed by atoms with E-state index in [-0.39, 0.29) is 17.1 Å². The number of ether oxygens (including phenoxy) is 2. The number of hydrogen-bond acceptors (Lipinski definition) is 5. The third-order valence-electron chi connectivity index (χ3n) is 3.87. The maximum atomic E-state index is 12.5. The Labute approximate surface area is 144 Å². The van der Waals surface area contributed by atoms with Gasteiger partial charge < -0.3 is 19.7 Å². The van der Waals surface area contributed by atoms with Gasteiger partial charge in [-0.05, 0) is 26.0 Å². The van der Waals surface area contributed by atoms with Crippen LogP contribution in [0.2, 0.25) is 0 Å². The van der Waals surface area contributed by atoms with Crippen molar-refractivity contribution in [3.05, 3.63) is 47.0 Å². The second-order valence-electron chi connectivity index (χ2n) is 5.51. The number of aliphatic hydroxyl groups excluding tert-OH is 1. The molecule has 0 aliphatic heterocycles. The number of phenols is 1. The maximum Gasteiger partial charge on any atom is 0.132 e. The second-order valence-corrected chi connectivity index (χ2v) is 7.01. The number of aryl methyl sites for hydroxylation is 1. The number of benzene rings is 2. The molecule has 5 nitrogen and oxygen atoms in total. The van der Waals surface area contributed by atoms with Crippen molar-refractivity contribution in [1.29, 1.82) is 0 Å². The molecule has 0 aliphatic carbocycles. The Morgan fingerprint density at radius 2 is 1.67 bits per heavy atom. The molecule has 24 heavy (non-hydrogen) atoms. The van der Waals surface area contributed by atoms with Crippen LogP contribution in [-0.2, 0) is 10.8 Å². The molecule has 0 spiro atoms. The first kappa shape index (κ1) is 18.3. The van der Waals surface area contributed by atoms with Gasteiger partial charge in [-0.15, -0.1) is 0 Å². The van der Waals surface area contributed by atoms with Crippen LogP contribution in [-0.4, -0.2) is 34.4 Å². The van der Waals surface area contributed by atoms with Crippen LogP contribution in [0.25, 0.3) is 0 Å². The summed E-state index contributed by atoms with van der Waals surface area (Å²) < 4.78 is 22.9. The van der Waals surface area contributed by atoms with E-state index in [0.29, 0.717) is 22.0 Å². The zero-order valence-corrected chi connectivity index (χ0v) is 15.0. The van der Waals surface area contributed by atoms with Crippen LogP contribution < -0.4 is 9.47 Å². The fourth-order valence-electron chi connectivity index (χ4n) is 2.46. The Hall–Kier alpha value is -2.05. The van der Waals surface area contributed by atoms with Crippen LogP contribution in [0.5, 0.6) is 17.2 Å². The minimum Gasteiger partial charge on any atom is -0.507 e. The van der Waals surface area contributed by atoms with Crippen LogP contribution in [0.15, 0.2) is 35.2 Å². The summed E-state index contributed by atoms with van der Waals surface area (Å²) in [7, 11) is 1.53. The smallest absolute Gasteiger partial charge is 0.132 e. The van der Waals surface area contributed by atoms with Crippen molar-refractivity contribution in [2.45, 2.75) is 24.8 Å². The highest BCUT2D eigenvalue weighted by Crippen LogP contribution is 2.41. The van der Waals surface area contributed by atoms with Gasteiger partial charge in [0, 0.05) is 16.5 Å². The van der Waals surface area contributed by atoms with Gasteiger partial charge in [0.25, 0.3) is 0 Å². The fourth-order valence-corrected chi connectivity index (χ4v) is 3.54. The Bertz CT molecular complexity index is 740. The van der Waals surface area contributed by atoms with Gasteiger partial charge in [0.05, 0.1) is 42.4 Å². The summed E-state index contributed by atoms with van der Waals surface area (Å²) in [4.78, 5) is 0.628. The zero-order chi connectivity index (χ0) is 17.9. The van der Waals surface area contributed by atoms with Crippen LogP contribution in [0.4, 0.5) is 0 Å². The van der Waals surface area contributed by atoms with Crippen molar-refractivity contribution in [3.63, 3.8) is 0 Å². The molecular formula is C18H22O5S. The van der Waals surface area contributed by atoms with Gasteiger partial charge in [0.2, 0.25) is 0 Å². The number of hydrogen-bond donors (Lipinski definition) is 2. The first-order chi connectivity index (χ1) is 11.4. The Morgan fingerprint density at radius 3 is 2.21 bits per heavy atom. The fraction of sp³-hybridized carbons (Fsp3) is 0.333. The van der Waals surface area contributed by atoms with E-state index < -0.39 is 16.9 Å². The molecule has 2 rings (SSSR count). The van der Waals surface area contributed by atoms with Crippen molar-refractivity contribution in [2.24, 2.45) is 0 Å². The molecule has 2 aromatic carbocycles. The van der Waals surface area contributed by atoms with Crippen LogP contribution in [0, 0.1) is 13.8 Å². The summed E-state index contributed by atoms with van der Waals surface area (Å²) in [5.41, 5.74) is 1.78. The van der Waals surface area contributed by atoms with Gasteiger partial charge >= 0.3 is 0 Å². The largest absolute Gasteiger partial charge is 0.507 e. The first-order valence-electron chi connectivity index (χ1n) is 7.46. The molecule has 0 radical (unpaired) electrons. The highest BCUT2D eigenvalue weighted by molar-refractivity contribution is 7.85. The molecule has 2 atom stereocenters. The minimum absolute atomic E-state index is 0.0429. The zero-order valence-electron chi connectivity index (χ0n) is 14.2. The SMILES string of the molecule is COc1cc(OC)c(C(O)C[S@@](=O)c2ccc(C)cc2)c(O)c1C. The normalized spacial score (nSPS) is 13.4. The molecule has 0 aliphatic rings. The lowest BCUT2D eigenvalue weighted by Gasteiger charge is -2.19. The number of aromatic hydroxyl groups is 1. The molecule has 2 aromatic rings. The van der Waals surface area contributed by atoms with E-state index in [2.05, 4.69) is 0 Å². The first-order valence-corrected chi connectivity index (χ1v) is 8.78. The molecule has 1 unspecified atom stereocenters. The molecule has 6 heteroatoms. The number of methoxy groups -OCH3 is 2. The topological polar surface area (TPSA) is 76.0 Å². The quantitative estimate of drug-likeness (QED) is 0.838. The third kappa shape index (κ3) is 3.71. The van der Waals surface area contributed by atoms with E-state index in [1.807, 2.05) is 19.1 Å². The van der Waals surface area contributed by atoms with Crippen molar-refractivity contribution >= 4 is 10.8 Å². The number of rotatable bonds is 6. The summed E-state index contributed by atoms with van der Waals surface area (Å²) in [5, 5.41) is 20.9. The lowest BCUT2D eigenvalue weighted by molar-refractivity contribution is 0.192. The van der Waals surface area contributed by atoms with Crippen molar-refractivity contribution in [3.8, 4) is 17.2 Å². The Balaban J connectivity index is 2.32. The highest BCUT2D eigenvalue weighted by Gasteiger charge is 2.24. The lowest BCUT2D eigenvalue weighted by Crippen LogP contribution is -2.11. The monoisotopic (exact) mass is 350 g/mol. The van der Waals surface area contributed by atoms with E-state index in [9.17, 15) is 14.4 Å². The maximum absolute atomic E-state index is 12.5. The molecular weight excluding hydrogens is 328 g/mol. The van der Waals surface area contributed by atoms with Crippen LogP contribution in [0.1, 0.15) is 22.8 Å². The second kappa shape index (κ2) is 7.68. The van der Waals surface area contributed by atoms with E-state index in [1.165, 1.54) is 14.2 Å². The average Bonchev–Trinajstić information content (AvgIpc) is 2.57. The molecule has 130 valence electrons. The summed E-state index contributed by atoms with van der Waals surface area (Å²) in [5.74, 6) is 0.599. The van der Waals surface area contributed by atoms with Gasteiger partial charge in [-0.3, -0.25) is 4.21 Å². The molecule has 0 saturated carbocycles. The van der Waals surface area contributed by atoms with Gasteiger partial charge in [-0.2, -0.15) is 0 Å². The number of phenolic OH excluding ortho intramolecular Hbond substituents is 1. The van der Waals surface area contributed by atoms with Gasteiger partial charge in [0.1, 0.15) is 17.2 Å². The van der Waals surface area contributed by atoms with Crippen molar-refractivity contribution in [2.75, 3.05) is 20.0 Å². The summed E-state index contributed by atoms with van der Waals surface area (Å²) in [6, 6.07) is 8.88. The minimum atomic E-state index is -1.40. The van der Waals surface area contributed by atoms with E-state index in [4.69, 9.17) is 9.47 Å². The van der Waals surface area contributed by atoms with E-state index >= 15 is 0 Å². The summed E-state index contributed by atoms with van der Waals surface area (Å²) in [6.45, 7) is 3.63.